The van der Waals surface area contributed by atoms with Gasteiger partial charge in [-0.3, -0.25) is 9.59 Å². The van der Waals surface area contributed by atoms with Crippen molar-refractivity contribution in [2.45, 2.75) is 79.6 Å². The van der Waals surface area contributed by atoms with E-state index in [1.807, 2.05) is 26.8 Å². The average molecular weight is 419 g/mol. The molecule has 0 spiro atoms. The maximum Gasteiger partial charge on any atom is 0.330 e. The fraction of sp³-hybridized carbons (Fsp3) is 0.720. The monoisotopic (exact) mass is 418 g/mol. The highest BCUT2D eigenvalue weighted by molar-refractivity contribution is 5.83. The number of fused-ring (bicyclic) bond motifs is 1. The smallest absolute Gasteiger partial charge is 0.330 e. The summed E-state index contributed by atoms with van der Waals surface area (Å²) >= 11 is 0. The van der Waals surface area contributed by atoms with E-state index in [-0.39, 0.29) is 36.2 Å². The third-order valence-electron chi connectivity index (χ3n) is 7.71. The first-order valence-electron chi connectivity index (χ1n) is 11.2. The number of allylic oxidation sites excluding steroid dienone is 2. The van der Waals surface area contributed by atoms with Crippen molar-refractivity contribution in [2.75, 3.05) is 6.61 Å². The molecule has 0 amide bonds. The molecule has 0 unspecified atom stereocenters. The third kappa shape index (κ3) is 5.22. The highest BCUT2D eigenvalue weighted by atomic mass is 16.5. The Balaban J connectivity index is 2.31. The molecule has 5 atom stereocenters. The Morgan fingerprint density at radius 2 is 2.03 bits per heavy atom. The summed E-state index contributed by atoms with van der Waals surface area (Å²) in [6, 6.07) is 0. The second kappa shape index (κ2) is 9.93. The van der Waals surface area contributed by atoms with Crippen LogP contribution in [0.5, 0.6) is 0 Å². The molecule has 2 aliphatic rings. The third-order valence-corrected chi connectivity index (χ3v) is 7.71. The van der Waals surface area contributed by atoms with Crippen molar-refractivity contribution in [3.8, 4) is 0 Å². The molecule has 2 aliphatic carbocycles. The van der Waals surface area contributed by atoms with Crippen LogP contribution in [-0.4, -0.2) is 29.9 Å². The molecule has 5 heteroatoms. The molecule has 30 heavy (non-hydrogen) atoms. The molecule has 0 bridgehead atoms. The van der Waals surface area contributed by atoms with E-state index >= 15 is 0 Å². The molecule has 0 radical (unpaired) electrons. The SMILES string of the molecule is CC(C)=CC(=O)OC[C@@]12CC[C@@H](C)[C@](C)(CC[C@@H](C)CC(=O)O)[C@H]1CCC=C2C=O. The van der Waals surface area contributed by atoms with Gasteiger partial charge in [0.15, 0.2) is 0 Å². The van der Waals surface area contributed by atoms with Crippen molar-refractivity contribution in [1.82, 2.24) is 0 Å². The zero-order valence-corrected chi connectivity index (χ0v) is 19.2. The van der Waals surface area contributed by atoms with Gasteiger partial charge < -0.3 is 9.84 Å². The number of carboxylic acids is 1. The first kappa shape index (κ1) is 24.4. The Labute approximate surface area is 180 Å². The Morgan fingerprint density at radius 3 is 2.63 bits per heavy atom. The molecular weight excluding hydrogens is 380 g/mol. The van der Waals surface area contributed by atoms with Crippen LogP contribution in [0, 0.1) is 28.6 Å². The number of esters is 1. The Kier molecular flexibility index (Phi) is 8.06. The van der Waals surface area contributed by atoms with Crippen molar-refractivity contribution < 1.29 is 24.2 Å². The Bertz CT molecular complexity index is 717. The van der Waals surface area contributed by atoms with E-state index in [1.165, 1.54) is 6.08 Å². The van der Waals surface area contributed by atoms with Gasteiger partial charge >= 0.3 is 11.9 Å². The van der Waals surface area contributed by atoms with Crippen LogP contribution in [-0.2, 0) is 19.1 Å². The van der Waals surface area contributed by atoms with Crippen LogP contribution in [0.2, 0.25) is 0 Å². The first-order valence-corrected chi connectivity index (χ1v) is 11.2. The molecule has 1 saturated carbocycles. The van der Waals surface area contributed by atoms with E-state index in [2.05, 4.69) is 13.8 Å². The summed E-state index contributed by atoms with van der Waals surface area (Å²) in [7, 11) is 0. The quantitative estimate of drug-likeness (QED) is 0.310. The Morgan fingerprint density at radius 1 is 1.33 bits per heavy atom. The van der Waals surface area contributed by atoms with Crippen LogP contribution in [0.3, 0.4) is 0 Å². The number of ether oxygens (including phenoxy) is 1. The number of carbonyl (C=O) groups is 3. The molecule has 5 nitrogen and oxygen atoms in total. The van der Waals surface area contributed by atoms with Crippen LogP contribution in [0.15, 0.2) is 23.3 Å². The van der Waals surface area contributed by atoms with E-state index in [9.17, 15) is 14.4 Å². The Hall–Kier alpha value is -1.91. The van der Waals surface area contributed by atoms with Crippen LogP contribution in [0.25, 0.3) is 0 Å². The van der Waals surface area contributed by atoms with Gasteiger partial charge in [-0.05, 0) is 81.1 Å². The predicted octanol–water partition coefficient (Wildman–Crippen LogP) is 5.34. The van der Waals surface area contributed by atoms with Gasteiger partial charge in [0.05, 0.1) is 0 Å². The normalized spacial score (nSPS) is 31.7. The number of aliphatic carboxylic acids is 1. The average Bonchev–Trinajstić information content (AvgIpc) is 2.67. The zero-order chi connectivity index (χ0) is 22.5. The van der Waals surface area contributed by atoms with Gasteiger partial charge in [-0.15, -0.1) is 0 Å². The summed E-state index contributed by atoms with van der Waals surface area (Å²) in [6.07, 6.45) is 10.1. The van der Waals surface area contributed by atoms with E-state index in [0.29, 0.717) is 5.92 Å². The predicted molar refractivity (Wildman–Crippen MR) is 117 cm³/mol. The summed E-state index contributed by atoms with van der Waals surface area (Å²) in [5.74, 6) is -0.297. The number of rotatable bonds is 9. The van der Waals surface area contributed by atoms with E-state index in [1.54, 1.807) is 0 Å². The van der Waals surface area contributed by atoms with Gasteiger partial charge in [-0.1, -0.05) is 32.4 Å². The fourth-order valence-electron chi connectivity index (χ4n) is 5.79. The van der Waals surface area contributed by atoms with Crippen LogP contribution in [0.4, 0.5) is 0 Å². The van der Waals surface area contributed by atoms with Crippen molar-refractivity contribution in [2.24, 2.45) is 28.6 Å². The topological polar surface area (TPSA) is 80.7 Å². The summed E-state index contributed by atoms with van der Waals surface area (Å²) < 4.78 is 5.70. The van der Waals surface area contributed by atoms with Gasteiger partial charge in [-0.25, -0.2) is 4.79 Å². The van der Waals surface area contributed by atoms with Gasteiger partial charge in [0.2, 0.25) is 0 Å². The largest absolute Gasteiger partial charge is 0.481 e. The standard InChI is InChI=1S/C25H38O5/c1-17(2)13-23(29)30-16-25-12-10-19(4)24(5,11-9-18(3)14-22(27)28)21(25)8-6-7-20(25)15-26/h7,13,15,18-19,21H,6,8-12,14,16H2,1-5H3,(H,27,28)/t18-,19-,21-,24+,25-/m1/s1. The van der Waals surface area contributed by atoms with E-state index < -0.39 is 11.4 Å². The maximum absolute atomic E-state index is 12.2. The summed E-state index contributed by atoms with van der Waals surface area (Å²) in [4.78, 5) is 35.4. The zero-order valence-electron chi connectivity index (χ0n) is 19.2. The lowest BCUT2D eigenvalue weighted by Gasteiger charge is -2.58. The van der Waals surface area contributed by atoms with Gasteiger partial charge in [0.25, 0.3) is 0 Å². The molecular formula is C25H38O5. The minimum Gasteiger partial charge on any atom is -0.481 e. The molecule has 0 heterocycles. The van der Waals surface area contributed by atoms with E-state index in [0.717, 1.165) is 56.0 Å². The second-order valence-corrected chi connectivity index (χ2v) is 10.1. The summed E-state index contributed by atoms with van der Waals surface area (Å²) in [5, 5.41) is 9.12. The maximum atomic E-state index is 12.2. The minimum atomic E-state index is -0.756. The number of carbonyl (C=O) groups excluding carboxylic acids is 2. The lowest BCUT2D eigenvalue weighted by atomic mass is 9.46. The summed E-state index contributed by atoms with van der Waals surface area (Å²) in [5.41, 5.74) is 1.19. The molecule has 0 aromatic carbocycles. The number of aldehydes is 1. The highest BCUT2D eigenvalue weighted by Crippen LogP contribution is 2.62. The van der Waals surface area contributed by atoms with Gasteiger partial charge in [-0.2, -0.15) is 0 Å². The van der Waals surface area contributed by atoms with Crippen molar-refractivity contribution >= 4 is 18.2 Å². The minimum absolute atomic E-state index is 0.0313. The molecule has 0 aliphatic heterocycles. The van der Waals surface area contributed by atoms with E-state index in [4.69, 9.17) is 9.84 Å². The second-order valence-electron chi connectivity index (χ2n) is 10.1. The van der Waals surface area contributed by atoms with Crippen molar-refractivity contribution in [3.05, 3.63) is 23.3 Å². The lowest BCUT2D eigenvalue weighted by Crippen LogP contribution is -2.53. The molecule has 0 aromatic heterocycles. The number of carboxylic acid groups (broad SMARTS) is 1. The molecule has 0 aromatic rings. The fourth-order valence-corrected chi connectivity index (χ4v) is 5.79. The number of hydrogen-bond donors (Lipinski definition) is 1. The van der Waals surface area contributed by atoms with Gasteiger partial charge in [0, 0.05) is 17.9 Å². The molecule has 168 valence electrons. The van der Waals surface area contributed by atoms with Crippen LogP contribution >= 0.6 is 0 Å². The number of hydrogen-bond acceptors (Lipinski definition) is 4. The highest BCUT2D eigenvalue weighted by Gasteiger charge is 2.56. The van der Waals surface area contributed by atoms with Crippen molar-refractivity contribution in [1.29, 1.82) is 0 Å². The van der Waals surface area contributed by atoms with Crippen molar-refractivity contribution in [3.63, 3.8) is 0 Å². The van der Waals surface area contributed by atoms with Crippen LogP contribution < -0.4 is 0 Å². The first-order chi connectivity index (χ1) is 14.0. The summed E-state index contributed by atoms with van der Waals surface area (Å²) in [6.45, 7) is 10.5. The molecule has 1 N–H and O–H groups in total. The molecule has 0 saturated heterocycles. The van der Waals surface area contributed by atoms with Gasteiger partial charge in [0.1, 0.15) is 12.9 Å². The van der Waals surface area contributed by atoms with Crippen LogP contribution in [0.1, 0.15) is 79.6 Å². The molecule has 2 rings (SSSR count). The molecule has 1 fully saturated rings. The lowest BCUT2D eigenvalue weighted by molar-refractivity contribution is -0.149.